The largest absolute Gasteiger partial charge is 0.462 e. The first-order valence-corrected chi connectivity index (χ1v) is 17.8. The predicted molar refractivity (Wildman–Crippen MR) is 189 cm³/mol. The number of nitrogens with zero attached hydrogens (tertiary/aromatic N) is 2. The van der Waals surface area contributed by atoms with Gasteiger partial charge in [-0.15, -0.1) is 0 Å². The summed E-state index contributed by atoms with van der Waals surface area (Å²) >= 11 is 0. The number of aliphatic hydroxyl groups excluding tert-OH is 4. The van der Waals surface area contributed by atoms with Gasteiger partial charge in [0.25, 0.3) is 0 Å². The van der Waals surface area contributed by atoms with Gasteiger partial charge in [0.1, 0.15) is 30.9 Å². The van der Waals surface area contributed by atoms with Crippen LogP contribution in [0.5, 0.6) is 0 Å². The van der Waals surface area contributed by atoms with Gasteiger partial charge >= 0.3 is 5.97 Å². The predicted octanol–water partition coefficient (Wildman–Crippen LogP) is 3.55. The lowest BCUT2D eigenvalue weighted by Gasteiger charge is -2.46. The van der Waals surface area contributed by atoms with Gasteiger partial charge in [-0.1, -0.05) is 55.8 Å². The summed E-state index contributed by atoms with van der Waals surface area (Å²) in [5.41, 5.74) is 2.00. The minimum Gasteiger partial charge on any atom is -0.462 e. The smallest absolute Gasteiger partial charge is 0.308 e. The Morgan fingerprint density at radius 1 is 1.08 bits per heavy atom. The molecule has 13 heteroatoms. The SMILES string of the molecule is CC[C@H]1OC(=O)C[C@@H](O)C(C)[C@@H](O[C@H]2O[C@@H](C)[C@H](O)[C@@H](N(C)C)[C@@H]2O)[C@@H](CC=O)C[C@@H](C)C(=N\OCc2ccc(F)cc2)/C=C/C(C)=C/C1CO. The zero-order valence-electron chi connectivity index (χ0n) is 30.8. The molecule has 0 aliphatic carbocycles. The van der Waals surface area contributed by atoms with Crippen molar-refractivity contribution in [3.63, 3.8) is 0 Å². The Morgan fingerprint density at radius 2 is 1.76 bits per heavy atom. The Labute approximate surface area is 300 Å². The van der Waals surface area contributed by atoms with Crippen LogP contribution in [0.2, 0.25) is 0 Å². The van der Waals surface area contributed by atoms with E-state index in [1.54, 1.807) is 51.1 Å². The Morgan fingerprint density at radius 3 is 2.37 bits per heavy atom. The number of allylic oxidation sites excluding steroid dienone is 3. The van der Waals surface area contributed by atoms with Crippen LogP contribution in [-0.2, 0) is 35.2 Å². The Hall–Kier alpha value is -3.04. The van der Waals surface area contributed by atoms with E-state index in [0.29, 0.717) is 24.1 Å². The number of aldehydes is 1. The molecule has 2 aliphatic rings. The third-order valence-corrected chi connectivity index (χ3v) is 9.90. The molecule has 2 unspecified atom stereocenters. The van der Waals surface area contributed by atoms with E-state index in [-0.39, 0.29) is 37.8 Å². The molecule has 1 aromatic rings. The Kier molecular flexibility index (Phi) is 16.8. The van der Waals surface area contributed by atoms with E-state index < -0.39 is 72.7 Å². The molecule has 0 radical (unpaired) electrons. The summed E-state index contributed by atoms with van der Waals surface area (Å²) in [5, 5.41) is 48.3. The van der Waals surface area contributed by atoms with Gasteiger partial charge in [0, 0.05) is 24.2 Å². The Balaban J connectivity index is 2.07. The zero-order chi connectivity index (χ0) is 37.8. The highest BCUT2D eigenvalue weighted by Crippen LogP contribution is 2.34. The Bertz CT molecular complexity index is 1340. The topological polar surface area (TPSA) is 168 Å². The third kappa shape index (κ3) is 12.0. The van der Waals surface area contributed by atoms with E-state index in [0.717, 1.165) is 11.9 Å². The highest BCUT2D eigenvalue weighted by molar-refractivity contribution is 5.96. The average Bonchev–Trinajstić information content (AvgIpc) is 3.08. The number of hydrogen-bond donors (Lipinski definition) is 4. The molecule has 0 amide bonds. The molecule has 2 aliphatic heterocycles. The van der Waals surface area contributed by atoms with Crippen molar-refractivity contribution in [2.45, 2.75) is 116 Å². The van der Waals surface area contributed by atoms with E-state index >= 15 is 0 Å². The number of cyclic esters (lactones) is 1. The highest BCUT2D eigenvalue weighted by Gasteiger charge is 2.47. The standard InChI is InChI=1S/C38H57FN2O10/c1-8-32-28(20-43)17-22(2)9-14-30(40-48-21-26-10-12-29(39)13-11-26)23(3)18-27(15-16-42)37(24(4)31(44)19-33(45)50-32)51-38-36(47)34(41(6)7)35(46)25(5)49-38/h9-14,16-17,23-25,27-28,31-32,34-38,43-44,46-47H,8,15,18-21H2,1-7H3/b14-9+,22-17+,40-30-/t23-,24?,25+,27+,28?,31-,32-,34-,35+,36+,37-,38-/m1/s1. The molecular formula is C38H57FN2O10. The molecule has 0 spiro atoms. The summed E-state index contributed by atoms with van der Waals surface area (Å²) in [6.07, 6.45) is -0.565. The summed E-state index contributed by atoms with van der Waals surface area (Å²) in [4.78, 5) is 32.8. The minimum atomic E-state index is -1.29. The van der Waals surface area contributed by atoms with Crippen molar-refractivity contribution in [2.75, 3.05) is 20.7 Å². The maximum absolute atomic E-state index is 13.5. The number of aliphatic hydroxyl groups is 4. The van der Waals surface area contributed by atoms with E-state index in [2.05, 4.69) is 5.16 Å². The maximum atomic E-state index is 13.5. The van der Waals surface area contributed by atoms with Crippen molar-refractivity contribution < 1.29 is 53.5 Å². The summed E-state index contributed by atoms with van der Waals surface area (Å²) in [6, 6.07) is 5.14. The molecule has 51 heavy (non-hydrogen) atoms. The van der Waals surface area contributed by atoms with E-state index in [1.165, 1.54) is 12.1 Å². The van der Waals surface area contributed by atoms with Gasteiger partial charge in [-0.25, -0.2) is 4.39 Å². The first-order chi connectivity index (χ1) is 24.2. The van der Waals surface area contributed by atoms with Crippen molar-refractivity contribution in [1.82, 2.24) is 4.90 Å². The van der Waals surface area contributed by atoms with Crippen LogP contribution >= 0.6 is 0 Å². The van der Waals surface area contributed by atoms with Crippen molar-refractivity contribution >= 4 is 18.0 Å². The number of benzene rings is 1. The molecule has 0 bridgehead atoms. The van der Waals surface area contributed by atoms with Crippen LogP contribution in [0.25, 0.3) is 0 Å². The number of oxime groups is 1. The number of esters is 1. The molecule has 12 nitrogen and oxygen atoms in total. The number of ether oxygens (including phenoxy) is 3. The van der Waals surface area contributed by atoms with Crippen molar-refractivity contribution in [2.24, 2.45) is 28.8 Å². The van der Waals surface area contributed by atoms with Crippen LogP contribution in [0.1, 0.15) is 65.9 Å². The molecule has 12 atom stereocenters. The van der Waals surface area contributed by atoms with Gasteiger partial charge in [0.2, 0.25) is 0 Å². The van der Waals surface area contributed by atoms with Crippen LogP contribution in [0, 0.1) is 29.5 Å². The number of hydrogen-bond acceptors (Lipinski definition) is 12. The van der Waals surface area contributed by atoms with Crippen LogP contribution in [0.15, 0.2) is 53.2 Å². The summed E-state index contributed by atoms with van der Waals surface area (Å²) in [5.74, 6) is -3.20. The van der Waals surface area contributed by atoms with Gasteiger partial charge in [-0.2, -0.15) is 0 Å². The first-order valence-electron chi connectivity index (χ1n) is 17.8. The number of rotatable bonds is 10. The fraction of sp³-hybridized carbons (Fsp3) is 0.658. The molecule has 1 aromatic carbocycles. The highest BCUT2D eigenvalue weighted by atomic mass is 19.1. The van der Waals surface area contributed by atoms with Crippen LogP contribution in [-0.4, -0.2) is 113 Å². The second-order valence-corrected chi connectivity index (χ2v) is 14.1. The van der Waals surface area contributed by atoms with Crippen molar-refractivity contribution in [1.29, 1.82) is 0 Å². The van der Waals surface area contributed by atoms with E-state index in [4.69, 9.17) is 19.0 Å². The molecule has 2 heterocycles. The molecule has 4 N–H and O–H groups in total. The maximum Gasteiger partial charge on any atom is 0.308 e. The van der Waals surface area contributed by atoms with E-state index in [9.17, 15) is 34.4 Å². The lowest BCUT2D eigenvalue weighted by molar-refractivity contribution is -0.304. The summed E-state index contributed by atoms with van der Waals surface area (Å²) in [7, 11) is 3.45. The molecular weight excluding hydrogens is 663 g/mol. The lowest BCUT2D eigenvalue weighted by Crippen LogP contribution is -2.63. The number of halogens is 1. The lowest BCUT2D eigenvalue weighted by atomic mass is 9.79. The number of carbonyl (C=O) groups is 2. The van der Waals surface area contributed by atoms with Gasteiger partial charge in [0.15, 0.2) is 6.29 Å². The first kappa shape index (κ1) is 42.4. The van der Waals surface area contributed by atoms with Gasteiger partial charge in [-0.3, -0.25) is 4.79 Å². The van der Waals surface area contributed by atoms with Gasteiger partial charge in [0.05, 0.1) is 49.2 Å². The van der Waals surface area contributed by atoms with E-state index in [1.807, 2.05) is 32.9 Å². The normalized spacial score (nSPS) is 37.0. The second-order valence-electron chi connectivity index (χ2n) is 14.1. The van der Waals surface area contributed by atoms with Gasteiger partial charge in [-0.05, 0) is 70.5 Å². The minimum absolute atomic E-state index is 0.0110. The molecule has 1 fully saturated rings. The van der Waals surface area contributed by atoms with Crippen LogP contribution < -0.4 is 0 Å². The fourth-order valence-corrected chi connectivity index (χ4v) is 6.82. The molecule has 0 saturated carbocycles. The third-order valence-electron chi connectivity index (χ3n) is 9.90. The zero-order valence-corrected chi connectivity index (χ0v) is 30.8. The molecule has 0 aromatic heterocycles. The van der Waals surface area contributed by atoms with Crippen LogP contribution in [0.3, 0.4) is 0 Å². The number of likely N-dealkylation sites (N-methyl/N-ethyl adjacent to an activating group) is 1. The monoisotopic (exact) mass is 720 g/mol. The fourth-order valence-electron chi connectivity index (χ4n) is 6.82. The van der Waals surface area contributed by atoms with Crippen molar-refractivity contribution in [3.05, 3.63) is 59.4 Å². The summed E-state index contributed by atoms with van der Waals surface area (Å²) < 4.78 is 31.7. The van der Waals surface area contributed by atoms with Crippen molar-refractivity contribution in [3.8, 4) is 0 Å². The molecule has 286 valence electrons. The quantitative estimate of drug-likeness (QED) is 0.159. The molecule has 1 saturated heterocycles. The molecule has 3 rings (SSSR count). The number of carbonyl (C=O) groups excluding carboxylic acids is 2. The second kappa shape index (κ2) is 20.3. The van der Waals surface area contributed by atoms with Crippen LogP contribution in [0.4, 0.5) is 4.39 Å². The summed E-state index contributed by atoms with van der Waals surface area (Å²) in [6.45, 7) is 8.77. The van der Waals surface area contributed by atoms with Gasteiger partial charge < -0.3 is 49.2 Å². The average molecular weight is 721 g/mol.